The third kappa shape index (κ3) is 3.02. The summed E-state index contributed by atoms with van der Waals surface area (Å²) in [7, 11) is 0. The topological polar surface area (TPSA) is 54.0 Å². The number of hydrogen-bond acceptors (Lipinski definition) is 2. The average molecular weight is 327 g/mol. The van der Waals surface area contributed by atoms with Gasteiger partial charge in [0.2, 0.25) is 0 Å². The fraction of sp³-hybridized carbons (Fsp3) is 0.0476. The van der Waals surface area contributed by atoms with Gasteiger partial charge in [-0.2, -0.15) is 0 Å². The van der Waals surface area contributed by atoms with Crippen LogP contribution in [0.2, 0.25) is 0 Å². The van der Waals surface area contributed by atoms with Crippen molar-refractivity contribution in [1.29, 1.82) is 0 Å². The molecule has 0 aliphatic rings. The Labute approximate surface area is 145 Å². The maximum atomic E-state index is 12.5. The van der Waals surface area contributed by atoms with Crippen LogP contribution in [-0.4, -0.2) is 11.0 Å². The molecule has 4 nitrogen and oxygen atoms in total. The van der Waals surface area contributed by atoms with E-state index in [2.05, 4.69) is 15.6 Å². The summed E-state index contributed by atoms with van der Waals surface area (Å²) < 4.78 is 0. The van der Waals surface area contributed by atoms with Gasteiger partial charge in [0, 0.05) is 16.5 Å². The van der Waals surface area contributed by atoms with Gasteiger partial charge in [0.1, 0.15) is 0 Å². The van der Waals surface area contributed by atoms with Crippen LogP contribution in [0.1, 0.15) is 5.69 Å². The number of pyridine rings is 1. The van der Waals surface area contributed by atoms with Gasteiger partial charge >= 0.3 is 6.03 Å². The number of aromatic nitrogens is 1. The van der Waals surface area contributed by atoms with E-state index >= 15 is 0 Å². The highest BCUT2D eigenvalue weighted by atomic mass is 16.2. The van der Waals surface area contributed by atoms with Gasteiger partial charge in [-0.25, -0.2) is 4.79 Å². The molecular formula is C21H17N3O. The van der Waals surface area contributed by atoms with E-state index in [1.54, 1.807) is 0 Å². The van der Waals surface area contributed by atoms with Gasteiger partial charge < -0.3 is 10.6 Å². The Morgan fingerprint density at radius 3 is 2.36 bits per heavy atom. The van der Waals surface area contributed by atoms with Crippen molar-refractivity contribution in [2.24, 2.45) is 0 Å². The summed E-state index contributed by atoms with van der Waals surface area (Å²) in [6, 6.07) is 23.2. The van der Waals surface area contributed by atoms with Gasteiger partial charge in [-0.05, 0) is 30.5 Å². The molecule has 0 unspecified atom stereocenters. The first-order chi connectivity index (χ1) is 12.2. The number of aryl methyl sites for hydroxylation is 1. The highest BCUT2D eigenvalue weighted by Gasteiger charge is 2.09. The molecule has 4 rings (SSSR count). The molecule has 122 valence electrons. The van der Waals surface area contributed by atoms with Gasteiger partial charge in [0.25, 0.3) is 0 Å². The molecular weight excluding hydrogens is 310 g/mol. The smallest absolute Gasteiger partial charge is 0.307 e. The summed E-state index contributed by atoms with van der Waals surface area (Å²) in [4.78, 5) is 17.0. The van der Waals surface area contributed by atoms with Crippen molar-refractivity contribution >= 4 is 39.1 Å². The van der Waals surface area contributed by atoms with Crippen molar-refractivity contribution < 1.29 is 4.79 Å². The van der Waals surface area contributed by atoms with Crippen molar-refractivity contribution in [3.05, 3.63) is 78.5 Å². The monoisotopic (exact) mass is 327 g/mol. The summed E-state index contributed by atoms with van der Waals surface area (Å²) in [5.74, 6) is 0. The molecule has 0 radical (unpaired) electrons. The summed E-state index contributed by atoms with van der Waals surface area (Å²) in [5, 5.41) is 8.91. The molecule has 1 aromatic heterocycles. The number of benzene rings is 3. The molecule has 0 saturated heterocycles. The SMILES string of the molecule is Cc1cc(NC(=O)Nc2cccc3ccccc23)c2ccccc2n1. The lowest BCUT2D eigenvalue weighted by Crippen LogP contribution is -2.20. The van der Waals surface area contributed by atoms with Gasteiger partial charge in [0.05, 0.1) is 16.9 Å². The number of urea groups is 1. The number of fused-ring (bicyclic) bond motifs is 2. The number of hydrogen-bond donors (Lipinski definition) is 2. The zero-order chi connectivity index (χ0) is 17.2. The van der Waals surface area contributed by atoms with Gasteiger partial charge in [-0.15, -0.1) is 0 Å². The van der Waals surface area contributed by atoms with Crippen molar-refractivity contribution in [1.82, 2.24) is 4.98 Å². The van der Waals surface area contributed by atoms with Crippen LogP contribution in [0.15, 0.2) is 72.8 Å². The minimum Gasteiger partial charge on any atom is -0.307 e. The lowest BCUT2D eigenvalue weighted by molar-refractivity contribution is 0.262. The molecule has 3 aromatic carbocycles. The lowest BCUT2D eigenvalue weighted by atomic mass is 10.1. The van der Waals surface area contributed by atoms with E-state index in [0.29, 0.717) is 0 Å². The van der Waals surface area contributed by atoms with Crippen LogP contribution in [-0.2, 0) is 0 Å². The number of anilines is 2. The number of para-hydroxylation sites is 1. The lowest BCUT2D eigenvalue weighted by Gasteiger charge is -2.12. The molecule has 4 heteroatoms. The molecule has 2 N–H and O–H groups in total. The van der Waals surface area contributed by atoms with Crippen LogP contribution < -0.4 is 10.6 Å². The molecule has 2 amide bonds. The quantitative estimate of drug-likeness (QED) is 0.522. The number of amides is 2. The number of nitrogens with zero attached hydrogens (tertiary/aromatic N) is 1. The number of rotatable bonds is 2. The fourth-order valence-electron chi connectivity index (χ4n) is 3.02. The largest absolute Gasteiger partial charge is 0.323 e. The Kier molecular flexibility index (Phi) is 3.78. The summed E-state index contributed by atoms with van der Waals surface area (Å²) in [6.45, 7) is 1.92. The second kappa shape index (κ2) is 6.24. The Hall–Kier alpha value is -3.40. The molecule has 25 heavy (non-hydrogen) atoms. The summed E-state index contributed by atoms with van der Waals surface area (Å²) in [6.07, 6.45) is 0. The molecule has 0 spiro atoms. The van der Waals surface area contributed by atoms with Crippen molar-refractivity contribution in [2.45, 2.75) is 6.92 Å². The standard InChI is InChI=1S/C21H17N3O/c1-14-13-20(17-10-4-5-11-19(17)22-14)24-21(25)23-18-12-6-8-15-7-2-3-9-16(15)18/h2-13H,1H3,(H2,22,23,24,25). The third-order valence-electron chi connectivity index (χ3n) is 4.13. The predicted molar refractivity (Wildman–Crippen MR) is 103 cm³/mol. The Morgan fingerprint density at radius 1 is 0.800 bits per heavy atom. The maximum absolute atomic E-state index is 12.5. The molecule has 0 saturated carbocycles. The first kappa shape index (κ1) is 15.1. The minimum atomic E-state index is -0.271. The third-order valence-corrected chi connectivity index (χ3v) is 4.13. The summed E-state index contributed by atoms with van der Waals surface area (Å²) in [5.41, 5.74) is 3.26. The van der Waals surface area contributed by atoms with Crippen LogP contribution in [0, 0.1) is 6.92 Å². The Morgan fingerprint density at radius 2 is 1.48 bits per heavy atom. The Balaban J connectivity index is 1.65. The molecule has 0 atom stereocenters. The number of carbonyl (C=O) groups excluding carboxylic acids is 1. The zero-order valence-electron chi connectivity index (χ0n) is 13.8. The molecule has 0 fully saturated rings. The van der Waals surface area contributed by atoms with E-state index in [0.717, 1.165) is 38.7 Å². The molecule has 0 aliphatic heterocycles. The predicted octanol–water partition coefficient (Wildman–Crippen LogP) is 5.34. The van der Waals surface area contributed by atoms with E-state index in [9.17, 15) is 4.79 Å². The number of carbonyl (C=O) groups is 1. The first-order valence-corrected chi connectivity index (χ1v) is 8.13. The molecule has 0 aliphatic carbocycles. The number of nitrogens with one attached hydrogen (secondary N) is 2. The van der Waals surface area contributed by atoms with Gasteiger partial charge in [0.15, 0.2) is 0 Å². The van der Waals surface area contributed by atoms with Crippen molar-refractivity contribution in [3.63, 3.8) is 0 Å². The van der Waals surface area contributed by atoms with E-state index in [-0.39, 0.29) is 6.03 Å². The van der Waals surface area contributed by atoms with Gasteiger partial charge in [-0.3, -0.25) is 4.98 Å². The van der Waals surface area contributed by atoms with E-state index in [1.165, 1.54) is 0 Å². The fourth-order valence-corrected chi connectivity index (χ4v) is 3.02. The van der Waals surface area contributed by atoms with Crippen LogP contribution in [0.4, 0.5) is 16.2 Å². The first-order valence-electron chi connectivity index (χ1n) is 8.13. The van der Waals surface area contributed by atoms with Crippen LogP contribution in [0.5, 0.6) is 0 Å². The highest BCUT2D eigenvalue weighted by molar-refractivity contribution is 6.09. The van der Waals surface area contributed by atoms with E-state index in [4.69, 9.17) is 0 Å². The molecule has 1 heterocycles. The van der Waals surface area contributed by atoms with E-state index in [1.807, 2.05) is 79.7 Å². The molecule has 4 aromatic rings. The van der Waals surface area contributed by atoms with Crippen molar-refractivity contribution in [2.75, 3.05) is 10.6 Å². The Bertz CT molecular complexity index is 1080. The second-order valence-corrected chi connectivity index (χ2v) is 5.93. The minimum absolute atomic E-state index is 0.271. The van der Waals surface area contributed by atoms with E-state index < -0.39 is 0 Å². The highest BCUT2D eigenvalue weighted by Crippen LogP contribution is 2.25. The van der Waals surface area contributed by atoms with Crippen LogP contribution in [0.25, 0.3) is 21.7 Å². The van der Waals surface area contributed by atoms with Crippen LogP contribution >= 0.6 is 0 Å². The average Bonchev–Trinajstić information content (AvgIpc) is 2.62. The summed E-state index contributed by atoms with van der Waals surface area (Å²) >= 11 is 0. The normalized spacial score (nSPS) is 10.8. The van der Waals surface area contributed by atoms with Gasteiger partial charge in [-0.1, -0.05) is 54.6 Å². The maximum Gasteiger partial charge on any atom is 0.323 e. The van der Waals surface area contributed by atoms with Crippen molar-refractivity contribution in [3.8, 4) is 0 Å². The van der Waals surface area contributed by atoms with Crippen LogP contribution in [0.3, 0.4) is 0 Å². The zero-order valence-corrected chi connectivity index (χ0v) is 13.8. The second-order valence-electron chi connectivity index (χ2n) is 5.93. The molecule has 0 bridgehead atoms.